The Hall–Kier alpha value is -2.83. The number of pyridine rings is 1. The largest absolute Gasteiger partial charge is 0.378 e. The van der Waals surface area contributed by atoms with E-state index in [2.05, 4.69) is 27.9 Å². The summed E-state index contributed by atoms with van der Waals surface area (Å²) in [6.45, 7) is 5.42. The van der Waals surface area contributed by atoms with Crippen molar-refractivity contribution in [1.82, 2.24) is 19.9 Å². The highest BCUT2D eigenvalue weighted by Gasteiger charge is 2.22. The van der Waals surface area contributed by atoms with E-state index in [9.17, 15) is 4.79 Å². The highest BCUT2D eigenvalue weighted by molar-refractivity contribution is 5.63. The Morgan fingerprint density at radius 1 is 1.18 bits per heavy atom. The molecule has 6 heteroatoms. The molecule has 0 spiro atoms. The number of morpholine rings is 1. The first-order chi connectivity index (χ1) is 13.7. The Labute approximate surface area is 164 Å². The number of aromatic amines is 1. The molecule has 1 aromatic carbocycles. The predicted molar refractivity (Wildman–Crippen MR) is 109 cm³/mol. The van der Waals surface area contributed by atoms with Crippen molar-refractivity contribution in [2.45, 2.75) is 25.9 Å². The average molecular weight is 376 g/mol. The van der Waals surface area contributed by atoms with Crippen molar-refractivity contribution in [2.75, 3.05) is 19.8 Å². The summed E-state index contributed by atoms with van der Waals surface area (Å²) >= 11 is 0. The second kappa shape index (κ2) is 8.46. The fraction of sp³-hybridized carbons (Fsp3) is 0.318. The van der Waals surface area contributed by atoms with Crippen LogP contribution in [0.2, 0.25) is 0 Å². The Morgan fingerprint density at radius 2 is 2.04 bits per heavy atom. The third-order valence-electron chi connectivity index (χ3n) is 5.14. The molecule has 1 aliphatic rings. The molecule has 1 unspecified atom stereocenters. The SMILES string of the molecule is CCC1COCCN1Cc1ccccc1-c1nc(-c2ccccn2)cc(=O)[nH]1. The van der Waals surface area contributed by atoms with Crippen molar-refractivity contribution in [3.8, 4) is 22.8 Å². The number of rotatable bonds is 5. The van der Waals surface area contributed by atoms with Crippen LogP contribution in [0.25, 0.3) is 22.8 Å². The Bertz CT molecular complexity index is 987. The van der Waals surface area contributed by atoms with Crippen molar-refractivity contribution in [2.24, 2.45) is 0 Å². The molecule has 1 aliphatic heterocycles. The Morgan fingerprint density at radius 3 is 2.86 bits per heavy atom. The second-order valence-electron chi connectivity index (χ2n) is 6.96. The number of aromatic nitrogens is 3. The highest BCUT2D eigenvalue weighted by Crippen LogP contribution is 2.24. The maximum Gasteiger partial charge on any atom is 0.251 e. The second-order valence-corrected chi connectivity index (χ2v) is 6.96. The third kappa shape index (κ3) is 4.03. The Balaban J connectivity index is 1.70. The molecule has 6 nitrogen and oxygen atoms in total. The van der Waals surface area contributed by atoms with Crippen LogP contribution in [-0.2, 0) is 11.3 Å². The number of nitrogens with zero attached hydrogens (tertiary/aromatic N) is 3. The van der Waals surface area contributed by atoms with Gasteiger partial charge in [0.05, 0.1) is 24.6 Å². The van der Waals surface area contributed by atoms with Crippen LogP contribution in [-0.4, -0.2) is 45.7 Å². The summed E-state index contributed by atoms with van der Waals surface area (Å²) in [5.41, 5.74) is 3.17. The van der Waals surface area contributed by atoms with Crippen LogP contribution >= 0.6 is 0 Å². The van der Waals surface area contributed by atoms with Crippen LogP contribution in [0.15, 0.2) is 59.5 Å². The summed E-state index contributed by atoms with van der Waals surface area (Å²) in [7, 11) is 0. The van der Waals surface area contributed by atoms with Crippen molar-refractivity contribution in [3.05, 3.63) is 70.6 Å². The van der Waals surface area contributed by atoms with Gasteiger partial charge in [0.2, 0.25) is 0 Å². The fourth-order valence-corrected chi connectivity index (χ4v) is 3.61. The van der Waals surface area contributed by atoms with E-state index in [1.165, 1.54) is 6.07 Å². The number of H-pyrrole nitrogens is 1. The normalized spacial score (nSPS) is 17.5. The van der Waals surface area contributed by atoms with Crippen molar-refractivity contribution >= 4 is 0 Å². The lowest BCUT2D eigenvalue weighted by molar-refractivity contribution is -0.0126. The van der Waals surface area contributed by atoms with E-state index in [-0.39, 0.29) is 5.56 Å². The Kier molecular flexibility index (Phi) is 5.60. The van der Waals surface area contributed by atoms with Gasteiger partial charge in [0.1, 0.15) is 5.82 Å². The molecule has 1 N–H and O–H groups in total. The van der Waals surface area contributed by atoms with E-state index >= 15 is 0 Å². The van der Waals surface area contributed by atoms with Crippen LogP contribution in [0.3, 0.4) is 0 Å². The first-order valence-corrected chi connectivity index (χ1v) is 9.67. The van der Waals surface area contributed by atoms with Crippen LogP contribution in [0, 0.1) is 0 Å². The van der Waals surface area contributed by atoms with Gasteiger partial charge in [-0.25, -0.2) is 4.98 Å². The van der Waals surface area contributed by atoms with E-state index in [4.69, 9.17) is 9.72 Å². The molecule has 1 atom stereocenters. The lowest BCUT2D eigenvalue weighted by Crippen LogP contribution is -2.44. The molecule has 4 rings (SSSR count). The summed E-state index contributed by atoms with van der Waals surface area (Å²) < 4.78 is 5.63. The lowest BCUT2D eigenvalue weighted by atomic mass is 10.0. The molecule has 1 saturated heterocycles. The van der Waals surface area contributed by atoms with Gasteiger partial charge in [0, 0.05) is 37.0 Å². The van der Waals surface area contributed by atoms with Gasteiger partial charge < -0.3 is 9.72 Å². The number of hydrogen-bond donors (Lipinski definition) is 1. The van der Waals surface area contributed by atoms with Crippen molar-refractivity contribution < 1.29 is 4.74 Å². The molecule has 0 radical (unpaired) electrons. The average Bonchev–Trinajstić information content (AvgIpc) is 2.75. The first kappa shape index (κ1) is 18.5. The predicted octanol–water partition coefficient (Wildman–Crippen LogP) is 3.11. The molecule has 28 heavy (non-hydrogen) atoms. The summed E-state index contributed by atoms with van der Waals surface area (Å²) in [6.07, 6.45) is 2.75. The zero-order valence-corrected chi connectivity index (χ0v) is 16.0. The highest BCUT2D eigenvalue weighted by atomic mass is 16.5. The third-order valence-corrected chi connectivity index (χ3v) is 5.14. The van der Waals surface area contributed by atoms with Gasteiger partial charge in [-0.05, 0) is 24.1 Å². The van der Waals surface area contributed by atoms with E-state index < -0.39 is 0 Å². The first-order valence-electron chi connectivity index (χ1n) is 9.67. The minimum atomic E-state index is -0.182. The molecule has 0 aliphatic carbocycles. The molecule has 3 heterocycles. The van der Waals surface area contributed by atoms with Gasteiger partial charge >= 0.3 is 0 Å². The molecule has 1 fully saturated rings. The maximum absolute atomic E-state index is 12.3. The minimum absolute atomic E-state index is 0.182. The standard InChI is InChI=1S/C22H24N4O2/c1-2-17-15-28-12-11-26(17)14-16-7-3-4-8-18(16)22-24-20(13-21(27)25-22)19-9-5-6-10-23-19/h3-10,13,17H,2,11-12,14-15H2,1H3,(H,24,25,27). The van der Waals surface area contributed by atoms with Crippen molar-refractivity contribution in [3.63, 3.8) is 0 Å². The molecular formula is C22H24N4O2. The fourth-order valence-electron chi connectivity index (χ4n) is 3.61. The summed E-state index contributed by atoms with van der Waals surface area (Å²) in [4.78, 5) is 26.7. The summed E-state index contributed by atoms with van der Waals surface area (Å²) in [5, 5.41) is 0. The summed E-state index contributed by atoms with van der Waals surface area (Å²) in [6, 6.07) is 15.6. The van der Waals surface area contributed by atoms with Gasteiger partial charge in [-0.2, -0.15) is 0 Å². The molecule has 3 aromatic rings. The summed E-state index contributed by atoms with van der Waals surface area (Å²) in [5.74, 6) is 0.574. The maximum atomic E-state index is 12.3. The smallest absolute Gasteiger partial charge is 0.251 e. The van der Waals surface area contributed by atoms with Gasteiger partial charge in [0.25, 0.3) is 5.56 Å². The van der Waals surface area contributed by atoms with E-state index in [0.29, 0.717) is 23.3 Å². The van der Waals surface area contributed by atoms with E-state index in [0.717, 1.165) is 43.9 Å². The van der Waals surface area contributed by atoms with Gasteiger partial charge in [-0.15, -0.1) is 0 Å². The van der Waals surface area contributed by atoms with Gasteiger partial charge in [0.15, 0.2) is 0 Å². The molecule has 0 amide bonds. The van der Waals surface area contributed by atoms with Crippen LogP contribution in [0.4, 0.5) is 0 Å². The van der Waals surface area contributed by atoms with Gasteiger partial charge in [-0.3, -0.25) is 14.7 Å². The number of ether oxygens (including phenoxy) is 1. The van der Waals surface area contributed by atoms with E-state index in [1.54, 1.807) is 6.20 Å². The molecule has 0 saturated carbocycles. The molecular weight excluding hydrogens is 352 g/mol. The number of nitrogens with one attached hydrogen (secondary N) is 1. The molecule has 144 valence electrons. The zero-order chi connectivity index (χ0) is 19.3. The molecule has 2 aromatic heterocycles. The minimum Gasteiger partial charge on any atom is -0.378 e. The zero-order valence-electron chi connectivity index (χ0n) is 16.0. The molecule has 0 bridgehead atoms. The van der Waals surface area contributed by atoms with E-state index in [1.807, 2.05) is 36.4 Å². The number of benzene rings is 1. The quantitative estimate of drug-likeness (QED) is 0.741. The van der Waals surface area contributed by atoms with Gasteiger partial charge in [-0.1, -0.05) is 37.3 Å². The number of hydrogen-bond acceptors (Lipinski definition) is 5. The lowest BCUT2D eigenvalue weighted by Gasteiger charge is -2.35. The topological polar surface area (TPSA) is 71.1 Å². The van der Waals surface area contributed by atoms with Crippen LogP contribution in [0.1, 0.15) is 18.9 Å². The van der Waals surface area contributed by atoms with Crippen LogP contribution < -0.4 is 5.56 Å². The van der Waals surface area contributed by atoms with Crippen LogP contribution in [0.5, 0.6) is 0 Å². The van der Waals surface area contributed by atoms with Crippen molar-refractivity contribution in [1.29, 1.82) is 0 Å². The monoisotopic (exact) mass is 376 g/mol.